The van der Waals surface area contributed by atoms with Crippen LogP contribution < -0.4 is 5.32 Å². The monoisotopic (exact) mass is 237 g/mol. The van der Waals surface area contributed by atoms with E-state index in [1.807, 2.05) is 0 Å². The van der Waals surface area contributed by atoms with Crippen molar-refractivity contribution in [3.63, 3.8) is 0 Å². The van der Waals surface area contributed by atoms with Crippen molar-refractivity contribution < 1.29 is 0 Å². The average Bonchev–Trinajstić information content (AvgIpc) is 2.28. The van der Waals surface area contributed by atoms with E-state index in [4.69, 9.17) is 0 Å². The average molecular weight is 237 g/mol. The molecule has 3 heteroatoms. The zero-order valence-electron chi connectivity index (χ0n) is 11.7. The Balaban J connectivity index is 2.55. The van der Waals surface area contributed by atoms with Crippen LogP contribution in [0.25, 0.3) is 0 Å². The molecule has 1 N–H and O–H groups in total. The fourth-order valence-corrected chi connectivity index (χ4v) is 2.61. The van der Waals surface area contributed by atoms with E-state index in [0.29, 0.717) is 18.0 Å². The number of hydrogen-bond donors (Lipinski definition) is 1. The van der Waals surface area contributed by atoms with Crippen molar-refractivity contribution in [1.82, 2.24) is 10.2 Å². The maximum atomic E-state index is 9.19. The van der Waals surface area contributed by atoms with Crippen molar-refractivity contribution in [3.8, 4) is 6.07 Å². The predicted octanol–water partition coefficient (Wildman–Crippen LogP) is 2.24. The molecule has 0 aromatic carbocycles. The standard InChI is InChI=1S/C14H27N3/c1-11(2)14(10-17(3)4)16-13-8-6-5-7-12(13)9-15/h11-14,16H,5-8,10H2,1-4H3. The molecule has 17 heavy (non-hydrogen) atoms. The zero-order chi connectivity index (χ0) is 12.8. The van der Waals surface area contributed by atoms with Gasteiger partial charge in [0, 0.05) is 18.6 Å². The molecule has 0 heterocycles. The van der Waals surface area contributed by atoms with E-state index < -0.39 is 0 Å². The molecule has 0 bridgehead atoms. The minimum Gasteiger partial charge on any atom is -0.308 e. The molecule has 0 saturated heterocycles. The minimum absolute atomic E-state index is 0.215. The maximum Gasteiger partial charge on any atom is 0.0672 e. The smallest absolute Gasteiger partial charge is 0.0672 e. The topological polar surface area (TPSA) is 39.1 Å². The molecule has 3 atom stereocenters. The molecule has 0 amide bonds. The highest BCUT2D eigenvalue weighted by atomic mass is 15.1. The summed E-state index contributed by atoms with van der Waals surface area (Å²) in [5.41, 5.74) is 0. The van der Waals surface area contributed by atoms with Crippen molar-refractivity contribution in [2.75, 3.05) is 20.6 Å². The lowest BCUT2D eigenvalue weighted by Crippen LogP contribution is -2.50. The third-order valence-corrected chi connectivity index (χ3v) is 3.73. The molecule has 0 spiro atoms. The molecule has 0 aromatic rings. The molecule has 3 nitrogen and oxygen atoms in total. The lowest BCUT2D eigenvalue weighted by atomic mass is 9.84. The second kappa shape index (κ2) is 6.98. The van der Waals surface area contributed by atoms with Gasteiger partial charge in [-0.15, -0.1) is 0 Å². The van der Waals surface area contributed by atoms with Crippen LogP contribution in [0, 0.1) is 23.2 Å². The second-order valence-electron chi connectivity index (χ2n) is 5.91. The van der Waals surface area contributed by atoms with E-state index in [-0.39, 0.29) is 5.92 Å². The van der Waals surface area contributed by atoms with E-state index >= 15 is 0 Å². The first-order valence-electron chi connectivity index (χ1n) is 6.85. The van der Waals surface area contributed by atoms with Gasteiger partial charge in [0.15, 0.2) is 0 Å². The summed E-state index contributed by atoms with van der Waals surface area (Å²) < 4.78 is 0. The van der Waals surface area contributed by atoms with Crippen LogP contribution in [0.3, 0.4) is 0 Å². The molecule has 1 fully saturated rings. The summed E-state index contributed by atoms with van der Waals surface area (Å²) >= 11 is 0. The zero-order valence-corrected chi connectivity index (χ0v) is 11.7. The molecule has 0 radical (unpaired) electrons. The van der Waals surface area contributed by atoms with Crippen molar-refractivity contribution in [2.24, 2.45) is 11.8 Å². The van der Waals surface area contributed by atoms with Crippen molar-refractivity contribution in [3.05, 3.63) is 0 Å². The molecule has 98 valence electrons. The summed E-state index contributed by atoms with van der Waals surface area (Å²) in [6.45, 7) is 5.56. The second-order valence-corrected chi connectivity index (χ2v) is 5.91. The normalized spacial score (nSPS) is 27.1. The molecular formula is C14H27N3. The minimum atomic E-state index is 0.215. The van der Waals surface area contributed by atoms with Crippen molar-refractivity contribution in [2.45, 2.75) is 51.6 Å². The number of hydrogen-bond acceptors (Lipinski definition) is 3. The van der Waals surface area contributed by atoms with Gasteiger partial charge in [-0.25, -0.2) is 0 Å². The maximum absolute atomic E-state index is 9.19. The lowest BCUT2D eigenvalue weighted by molar-refractivity contribution is 0.223. The molecule has 1 rings (SSSR count). The van der Waals surface area contributed by atoms with E-state index in [0.717, 1.165) is 19.4 Å². The highest BCUT2D eigenvalue weighted by molar-refractivity contribution is 4.96. The van der Waals surface area contributed by atoms with E-state index in [1.165, 1.54) is 12.8 Å². The van der Waals surface area contributed by atoms with E-state index in [9.17, 15) is 5.26 Å². The Bertz CT molecular complexity index is 255. The molecule has 0 aromatic heterocycles. The predicted molar refractivity (Wildman–Crippen MR) is 71.7 cm³/mol. The highest BCUT2D eigenvalue weighted by Crippen LogP contribution is 2.24. The number of nitrogens with zero attached hydrogens (tertiary/aromatic N) is 2. The van der Waals surface area contributed by atoms with Gasteiger partial charge < -0.3 is 10.2 Å². The van der Waals surface area contributed by atoms with Gasteiger partial charge in [-0.1, -0.05) is 26.7 Å². The number of rotatable bonds is 5. The van der Waals surface area contributed by atoms with Gasteiger partial charge in [-0.05, 0) is 32.9 Å². The first kappa shape index (κ1) is 14.5. The van der Waals surface area contributed by atoms with Crippen LogP contribution in [-0.2, 0) is 0 Å². The van der Waals surface area contributed by atoms with Crippen molar-refractivity contribution in [1.29, 1.82) is 5.26 Å². The molecule has 0 aliphatic heterocycles. The van der Waals surface area contributed by atoms with Gasteiger partial charge in [-0.3, -0.25) is 0 Å². The Hall–Kier alpha value is -0.590. The van der Waals surface area contributed by atoms with E-state index in [2.05, 4.69) is 44.2 Å². The van der Waals surface area contributed by atoms with Gasteiger partial charge >= 0.3 is 0 Å². The fraction of sp³-hybridized carbons (Fsp3) is 0.929. The Morgan fingerprint density at radius 1 is 1.29 bits per heavy atom. The summed E-state index contributed by atoms with van der Waals surface area (Å²) in [6, 6.07) is 3.37. The fourth-order valence-electron chi connectivity index (χ4n) is 2.61. The van der Waals surface area contributed by atoms with Gasteiger partial charge in [-0.2, -0.15) is 5.26 Å². The Morgan fingerprint density at radius 2 is 1.94 bits per heavy atom. The van der Waals surface area contributed by atoms with Crippen LogP contribution in [0.4, 0.5) is 0 Å². The third-order valence-electron chi connectivity index (χ3n) is 3.73. The number of likely N-dealkylation sites (N-methyl/N-ethyl adjacent to an activating group) is 1. The third kappa shape index (κ3) is 4.65. The molecule has 3 unspecified atom stereocenters. The Morgan fingerprint density at radius 3 is 2.47 bits per heavy atom. The molecule has 1 aliphatic carbocycles. The first-order valence-corrected chi connectivity index (χ1v) is 6.85. The number of nitrogens with one attached hydrogen (secondary N) is 1. The van der Waals surface area contributed by atoms with Crippen LogP contribution in [-0.4, -0.2) is 37.6 Å². The summed E-state index contributed by atoms with van der Waals surface area (Å²) in [5, 5.41) is 12.9. The van der Waals surface area contributed by atoms with Gasteiger partial charge in [0.2, 0.25) is 0 Å². The Kier molecular flexibility index (Phi) is 5.94. The summed E-state index contributed by atoms with van der Waals surface area (Å²) in [5.74, 6) is 0.825. The highest BCUT2D eigenvalue weighted by Gasteiger charge is 2.27. The quantitative estimate of drug-likeness (QED) is 0.797. The first-order chi connectivity index (χ1) is 8.04. The van der Waals surface area contributed by atoms with Crippen LogP contribution in [0.1, 0.15) is 39.5 Å². The summed E-state index contributed by atoms with van der Waals surface area (Å²) in [6.07, 6.45) is 4.72. The summed E-state index contributed by atoms with van der Waals surface area (Å²) in [4.78, 5) is 2.22. The van der Waals surface area contributed by atoms with Crippen molar-refractivity contribution >= 4 is 0 Å². The van der Waals surface area contributed by atoms with Gasteiger partial charge in [0.25, 0.3) is 0 Å². The van der Waals surface area contributed by atoms with Crippen LogP contribution >= 0.6 is 0 Å². The van der Waals surface area contributed by atoms with Crippen LogP contribution in [0.2, 0.25) is 0 Å². The lowest BCUT2D eigenvalue weighted by Gasteiger charge is -2.34. The van der Waals surface area contributed by atoms with E-state index in [1.54, 1.807) is 0 Å². The largest absolute Gasteiger partial charge is 0.308 e. The molecular weight excluding hydrogens is 210 g/mol. The molecule has 1 saturated carbocycles. The molecule has 1 aliphatic rings. The SMILES string of the molecule is CC(C)C(CN(C)C)NC1CCCCC1C#N. The van der Waals surface area contributed by atoms with Crippen LogP contribution in [0.15, 0.2) is 0 Å². The van der Waals surface area contributed by atoms with Gasteiger partial charge in [0.1, 0.15) is 0 Å². The summed E-state index contributed by atoms with van der Waals surface area (Å²) in [7, 11) is 4.22. The Labute approximate surface area is 106 Å². The van der Waals surface area contributed by atoms with Gasteiger partial charge in [0.05, 0.1) is 12.0 Å². The van der Waals surface area contributed by atoms with Crippen LogP contribution in [0.5, 0.6) is 0 Å². The number of nitriles is 1.